The molecule has 0 saturated heterocycles. The van der Waals surface area contributed by atoms with E-state index in [1.165, 1.54) is 12.7 Å². The predicted octanol–water partition coefficient (Wildman–Crippen LogP) is 6.16. The molecular formula is C27H23N3O2S2. The number of thioether (sulfide) groups is 1. The lowest BCUT2D eigenvalue weighted by atomic mass is 9.95. The van der Waals surface area contributed by atoms with Crippen LogP contribution < -0.4 is 0 Å². The molecule has 0 radical (unpaired) electrons. The summed E-state index contributed by atoms with van der Waals surface area (Å²) in [4.78, 5) is 9.70. The molecule has 1 N–H and O–H groups in total. The van der Waals surface area contributed by atoms with Crippen molar-refractivity contribution in [3.05, 3.63) is 88.1 Å². The first-order chi connectivity index (χ1) is 16.7. The summed E-state index contributed by atoms with van der Waals surface area (Å²) in [5, 5.41) is 23.6. The fourth-order valence-corrected chi connectivity index (χ4v) is 6.09. The number of aromatic nitrogens is 2. The Bertz CT molecular complexity index is 1350. The number of aliphatic hydroxyl groups is 1. The van der Waals surface area contributed by atoms with Crippen molar-refractivity contribution in [1.82, 2.24) is 9.97 Å². The summed E-state index contributed by atoms with van der Waals surface area (Å²) < 4.78 is 4.95. The molecule has 1 atom stereocenters. The molecule has 7 heteroatoms. The number of ether oxygens (including phenoxy) is 1. The molecule has 0 saturated carbocycles. The third-order valence-corrected chi connectivity index (χ3v) is 7.89. The van der Waals surface area contributed by atoms with Gasteiger partial charge >= 0.3 is 0 Å². The average Bonchev–Trinajstić information content (AvgIpc) is 3.56. The summed E-state index contributed by atoms with van der Waals surface area (Å²) in [6.45, 7) is 0. The van der Waals surface area contributed by atoms with Gasteiger partial charge in [-0.05, 0) is 30.4 Å². The molecule has 0 bridgehead atoms. The van der Waals surface area contributed by atoms with Crippen LogP contribution in [0.5, 0.6) is 0 Å². The van der Waals surface area contributed by atoms with Gasteiger partial charge in [0.2, 0.25) is 0 Å². The Balaban J connectivity index is 1.39. The Labute approximate surface area is 207 Å². The second-order valence-corrected chi connectivity index (χ2v) is 9.89. The zero-order valence-electron chi connectivity index (χ0n) is 18.7. The standard InChI is InChI=1S/C27H23N3O2S2/c1-32-27(31)19-12-10-18(11-13-19)25-29-20(15-33-25)16-34-26-22(14-28)24(17-6-3-2-4-7-17)21-8-5-9-23(21)30-26/h2-4,6-7,10-13,15,27,31H,5,8-9,16H2,1H3. The highest BCUT2D eigenvalue weighted by molar-refractivity contribution is 7.98. The minimum absolute atomic E-state index is 0.645. The summed E-state index contributed by atoms with van der Waals surface area (Å²) in [5.41, 5.74) is 7.80. The van der Waals surface area contributed by atoms with E-state index < -0.39 is 6.29 Å². The van der Waals surface area contributed by atoms with Crippen molar-refractivity contribution in [1.29, 1.82) is 5.26 Å². The van der Waals surface area contributed by atoms with Crippen molar-refractivity contribution in [2.75, 3.05) is 7.11 Å². The largest absolute Gasteiger partial charge is 0.364 e. The Kier molecular flexibility index (Phi) is 6.75. The first-order valence-corrected chi connectivity index (χ1v) is 12.9. The van der Waals surface area contributed by atoms with Gasteiger partial charge < -0.3 is 9.84 Å². The molecule has 2 heterocycles. The van der Waals surface area contributed by atoms with Gasteiger partial charge in [-0.2, -0.15) is 5.26 Å². The summed E-state index contributed by atoms with van der Waals surface area (Å²) in [6, 6.07) is 20.2. The maximum atomic E-state index is 10.1. The van der Waals surface area contributed by atoms with E-state index >= 15 is 0 Å². The highest BCUT2D eigenvalue weighted by Gasteiger charge is 2.24. The summed E-state index contributed by atoms with van der Waals surface area (Å²) >= 11 is 3.16. The molecule has 1 aliphatic carbocycles. The zero-order chi connectivity index (χ0) is 23.5. The number of pyridine rings is 1. The fourth-order valence-electron chi connectivity index (χ4n) is 4.26. The number of aliphatic hydroxyl groups excluding tert-OH is 1. The van der Waals surface area contributed by atoms with Crippen molar-refractivity contribution in [2.45, 2.75) is 36.3 Å². The fraction of sp³-hybridized carbons (Fsp3) is 0.222. The van der Waals surface area contributed by atoms with Crippen LogP contribution in [0.2, 0.25) is 0 Å². The molecule has 2 aromatic heterocycles. The molecule has 170 valence electrons. The van der Waals surface area contributed by atoms with Gasteiger partial charge in [-0.3, -0.25) is 0 Å². The third kappa shape index (κ3) is 4.50. The molecule has 5 nitrogen and oxygen atoms in total. The van der Waals surface area contributed by atoms with Crippen LogP contribution in [-0.2, 0) is 23.3 Å². The molecule has 1 unspecified atom stereocenters. The smallest absolute Gasteiger partial charge is 0.180 e. The maximum Gasteiger partial charge on any atom is 0.180 e. The summed E-state index contributed by atoms with van der Waals surface area (Å²) in [6.07, 6.45) is 2.09. The van der Waals surface area contributed by atoms with E-state index in [1.807, 2.05) is 42.5 Å². The molecule has 5 rings (SSSR count). The van der Waals surface area contributed by atoms with Gasteiger partial charge in [0, 0.05) is 40.6 Å². The molecule has 34 heavy (non-hydrogen) atoms. The lowest BCUT2D eigenvalue weighted by Gasteiger charge is -2.14. The van der Waals surface area contributed by atoms with Crippen LogP contribution in [0.25, 0.3) is 21.7 Å². The Morgan fingerprint density at radius 1 is 1.09 bits per heavy atom. The molecule has 0 fully saturated rings. The van der Waals surface area contributed by atoms with Crippen molar-refractivity contribution in [3.8, 4) is 27.8 Å². The second kappa shape index (κ2) is 10.1. The molecule has 2 aromatic carbocycles. The van der Waals surface area contributed by atoms with E-state index in [0.717, 1.165) is 57.4 Å². The topological polar surface area (TPSA) is 79.0 Å². The number of fused-ring (bicyclic) bond motifs is 1. The van der Waals surface area contributed by atoms with Gasteiger partial charge in [-0.1, -0.05) is 66.4 Å². The Hall–Kier alpha value is -3.02. The van der Waals surface area contributed by atoms with Crippen LogP contribution in [0, 0.1) is 11.3 Å². The van der Waals surface area contributed by atoms with Gasteiger partial charge in [0.15, 0.2) is 6.29 Å². The molecule has 0 aliphatic heterocycles. The first kappa shape index (κ1) is 22.8. The molecule has 4 aromatic rings. The van der Waals surface area contributed by atoms with Crippen molar-refractivity contribution < 1.29 is 9.84 Å². The highest BCUT2D eigenvalue weighted by Crippen LogP contribution is 2.39. The van der Waals surface area contributed by atoms with Gasteiger partial charge in [0.05, 0.1) is 11.3 Å². The maximum absolute atomic E-state index is 10.1. The minimum Gasteiger partial charge on any atom is -0.364 e. The normalized spacial score (nSPS) is 13.4. The van der Waals surface area contributed by atoms with E-state index in [9.17, 15) is 10.4 Å². The van der Waals surface area contributed by atoms with Crippen LogP contribution in [0.4, 0.5) is 0 Å². The lowest BCUT2D eigenvalue weighted by molar-refractivity contribution is -0.0769. The summed E-state index contributed by atoms with van der Waals surface area (Å²) in [5.74, 6) is 0.645. The van der Waals surface area contributed by atoms with Crippen LogP contribution in [-0.4, -0.2) is 22.2 Å². The third-order valence-electron chi connectivity index (χ3n) is 5.94. The van der Waals surface area contributed by atoms with Gasteiger partial charge in [-0.25, -0.2) is 9.97 Å². The van der Waals surface area contributed by atoms with Crippen LogP contribution in [0.15, 0.2) is 65.0 Å². The first-order valence-electron chi connectivity index (χ1n) is 11.1. The van der Waals surface area contributed by atoms with Gasteiger partial charge in [0.1, 0.15) is 16.1 Å². The predicted molar refractivity (Wildman–Crippen MR) is 135 cm³/mol. The van der Waals surface area contributed by atoms with Gasteiger partial charge in [0.25, 0.3) is 0 Å². The number of rotatable bonds is 7. The van der Waals surface area contributed by atoms with Crippen LogP contribution in [0.1, 0.15) is 40.8 Å². The number of hydrogen-bond acceptors (Lipinski definition) is 7. The number of benzene rings is 2. The molecule has 1 aliphatic rings. The number of thiazole rings is 1. The average molecular weight is 486 g/mol. The minimum atomic E-state index is -0.924. The number of hydrogen-bond donors (Lipinski definition) is 1. The van der Waals surface area contributed by atoms with E-state index in [2.05, 4.69) is 23.6 Å². The van der Waals surface area contributed by atoms with Crippen LogP contribution in [0.3, 0.4) is 0 Å². The SMILES string of the molecule is COC(O)c1ccc(-c2nc(CSc3nc4c(c(-c5ccccc5)c3C#N)CCC4)cs2)cc1. The van der Waals surface area contributed by atoms with Crippen molar-refractivity contribution >= 4 is 23.1 Å². The summed E-state index contributed by atoms with van der Waals surface area (Å²) in [7, 11) is 1.47. The molecular weight excluding hydrogens is 462 g/mol. The Morgan fingerprint density at radius 2 is 1.88 bits per heavy atom. The molecule has 0 amide bonds. The number of nitrogens with zero attached hydrogens (tertiary/aromatic N) is 3. The van der Waals surface area contributed by atoms with E-state index in [-0.39, 0.29) is 0 Å². The zero-order valence-corrected chi connectivity index (χ0v) is 20.3. The van der Waals surface area contributed by atoms with E-state index in [4.69, 9.17) is 14.7 Å². The second-order valence-electron chi connectivity index (χ2n) is 8.07. The monoisotopic (exact) mass is 485 g/mol. The van der Waals surface area contributed by atoms with E-state index in [1.54, 1.807) is 23.1 Å². The highest BCUT2D eigenvalue weighted by atomic mass is 32.2. The van der Waals surface area contributed by atoms with E-state index in [0.29, 0.717) is 16.9 Å². The van der Waals surface area contributed by atoms with Gasteiger partial charge in [-0.15, -0.1) is 11.3 Å². The lowest BCUT2D eigenvalue weighted by Crippen LogP contribution is -2.01. The number of methoxy groups -OCH3 is 1. The van der Waals surface area contributed by atoms with Crippen LogP contribution >= 0.6 is 23.1 Å². The van der Waals surface area contributed by atoms with Crippen molar-refractivity contribution in [3.63, 3.8) is 0 Å². The number of aryl methyl sites for hydroxylation is 1. The van der Waals surface area contributed by atoms with Crippen molar-refractivity contribution in [2.24, 2.45) is 0 Å². The Morgan fingerprint density at radius 3 is 2.62 bits per heavy atom. The number of nitriles is 1. The quantitative estimate of drug-likeness (QED) is 0.249. The molecule has 0 spiro atoms.